The summed E-state index contributed by atoms with van der Waals surface area (Å²) in [6.45, 7) is 1.28. The Labute approximate surface area is 68.0 Å². The maximum atomic E-state index is 7.89. The third-order valence-corrected chi connectivity index (χ3v) is 3.04. The molecule has 0 fully saturated rings. The highest BCUT2D eigenvalue weighted by Gasteiger charge is 1.86. The predicted molar refractivity (Wildman–Crippen MR) is 48.0 cm³/mol. The summed E-state index contributed by atoms with van der Waals surface area (Å²) in [7, 11) is 3.40. The van der Waals surface area contributed by atoms with E-state index >= 15 is 0 Å². The lowest BCUT2D eigenvalue weighted by Gasteiger charge is -1.93. The first-order chi connectivity index (χ1) is 4.91. The lowest BCUT2D eigenvalue weighted by atomic mass is 10.8. The first-order valence-corrected chi connectivity index (χ1v) is 5.36. The van der Waals surface area contributed by atoms with Crippen LogP contribution in [0.2, 0.25) is 0 Å². The average Bonchev–Trinajstić information content (AvgIpc) is 1.97. The lowest BCUT2D eigenvalue weighted by molar-refractivity contribution is 1.12. The van der Waals surface area contributed by atoms with Gasteiger partial charge in [0.1, 0.15) is 0 Å². The Morgan fingerprint density at radius 2 is 2.10 bits per heavy atom. The van der Waals surface area contributed by atoms with Gasteiger partial charge in [0.05, 0.1) is 0 Å². The van der Waals surface area contributed by atoms with Crippen molar-refractivity contribution in [1.29, 1.82) is 0 Å². The summed E-state index contributed by atoms with van der Waals surface area (Å²) in [5.74, 6) is 1.83. The first-order valence-electron chi connectivity index (χ1n) is 2.87. The zero-order valence-corrected chi connectivity index (χ0v) is 7.20. The Morgan fingerprint density at radius 1 is 1.40 bits per heavy atom. The van der Waals surface area contributed by atoms with Gasteiger partial charge in [-0.3, -0.25) is 0 Å². The molecule has 6 heteroatoms. The minimum atomic E-state index is 0.568. The van der Waals surface area contributed by atoms with Gasteiger partial charge in [0.25, 0.3) is 0 Å². The van der Waals surface area contributed by atoms with Crippen LogP contribution < -0.4 is 5.73 Å². The molecule has 0 heterocycles. The summed E-state index contributed by atoms with van der Waals surface area (Å²) in [5, 5.41) is 3.38. The van der Waals surface area contributed by atoms with Gasteiger partial charge in [-0.05, 0) is 5.53 Å². The highest BCUT2D eigenvalue weighted by Crippen LogP contribution is 2.19. The van der Waals surface area contributed by atoms with Crippen LogP contribution in [0.5, 0.6) is 0 Å². The van der Waals surface area contributed by atoms with Gasteiger partial charge in [-0.2, -0.15) is 0 Å². The van der Waals surface area contributed by atoms with Crippen molar-refractivity contribution in [3.05, 3.63) is 10.4 Å². The second-order valence-electron chi connectivity index (χ2n) is 1.39. The molecule has 0 atom stereocenters. The lowest BCUT2D eigenvalue weighted by Crippen LogP contribution is -2.00. The zero-order chi connectivity index (χ0) is 7.66. The van der Waals surface area contributed by atoms with E-state index in [0.717, 1.165) is 11.5 Å². The molecular weight excluding hydrogens is 168 g/mol. The summed E-state index contributed by atoms with van der Waals surface area (Å²) < 4.78 is 0. The minimum Gasteiger partial charge on any atom is -0.330 e. The zero-order valence-electron chi connectivity index (χ0n) is 5.56. The smallest absolute Gasteiger partial charge is 0.0357 e. The monoisotopic (exact) mass is 178 g/mol. The largest absolute Gasteiger partial charge is 0.330 e. The summed E-state index contributed by atoms with van der Waals surface area (Å²) in [4.78, 5) is 2.63. The van der Waals surface area contributed by atoms with Crippen molar-refractivity contribution in [3.8, 4) is 0 Å². The van der Waals surface area contributed by atoms with Crippen LogP contribution in [-0.4, -0.2) is 24.6 Å². The van der Waals surface area contributed by atoms with E-state index in [9.17, 15) is 0 Å². The Morgan fingerprint density at radius 3 is 2.70 bits per heavy atom. The number of nitrogens with two attached hydrogens (primary N) is 1. The molecule has 0 radical (unpaired) electrons. The molecule has 10 heavy (non-hydrogen) atoms. The molecular formula is C4H10N4S2. The van der Waals surface area contributed by atoms with Gasteiger partial charge in [0, 0.05) is 29.5 Å². The molecule has 0 aliphatic heterocycles. The van der Waals surface area contributed by atoms with Crippen LogP contribution in [-0.2, 0) is 0 Å². The van der Waals surface area contributed by atoms with Gasteiger partial charge in [-0.25, -0.2) is 0 Å². The van der Waals surface area contributed by atoms with Crippen molar-refractivity contribution in [2.45, 2.75) is 0 Å². The van der Waals surface area contributed by atoms with Gasteiger partial charge in [-0.15, -0.1) is 0 Å². The third kappa shape index (κ3) is 7.97. The predicted octanol–water partition coefficient (Wildman–Crippen LogP) is 1.64. The second kappa shape index (κ2) is 8.97. The molecule has 0 amide bonds. The topological polar surface area (TPSA) is 74.8 Å². The molecule has 0 unspecified atom stereocenters. The molecule has 0 aliphatic carbocycles. The Balaban J connectivity index is 2.83. The summed E-state index contributed by atoms with van der Waals surface area (Å²) in [5.41, 5.74) is 13.1. The van der Waals surface area contributed by atoms with Gasteiger partial charge in [0.2, 0.25) is 0 Å². The molecule has 0 saturated carbocycles. The van der Waals surface area contributed by atoms with Gasteiger partial charge in [-0.1, -0.05) is 26.7 Å². The second-order valence-corrected chi connectivity index (χ2v) is 4.09. The van der Waals surface area contributed by atoms with Crippen molar-refractivity contribution in [2.24, 2.45) is 10.8 Å². The molecule has 2 N–H and O–H groups in total. The maximum absolute atomic E-state index is 7.89. The Bertz CT molecular complexity index is 112. The van der Waals surface area contributed by atoms with Crippen molar-refractivity contribution in [3.63, 3.8) is 0 Å². The van der Waals surface area contributed by atoms with Crippen LogP contribution in [0.25, 0.3) is 10.4 Å². The Hall–Kier alpha value is -0.0300. The number of rotatable bonds is 6. The first kappa shape index (κ1) is 9.97. The van der Waals surface area contributed by atoms with Gasteiger partial charge < -0.3 is 5.73 Å². The molecule has 0 aromatic rings. The molecule has 0 aliphatic rings. The van der Waals surface area contributed by atoms with E-state index in [1.165, 1.54) is 0 Å². The highest BCUT2D eigenvalue weighted by atomic mass is 33.1. The van der Waals surface area contributed by atoms with Crippen LogP contribution >= 0.6 is 21.6 Å². The van der Waals surface area contributed by atoms with E-state index in [-0.39, 0.29) is 0 Å². The molecule has 58 valence electrons. The van der Waals surface area contributed by atoms with Crippen molar-refractivity contribution in [2.75, 3.05) is 24.6 Å². The van der Waals surface area contributed by atoms with E-state index in [4.69, 9.17) is 11.3 Å². The van der Waals surface area contributed by atoms with Crippen molar-refractivity contribution in [1.82, 2.24) is 0 Å². The summed E-state index contributed by atoms with van der Waals surface area (Å²) in [6.07, 6.45) is 0. The van der Waals surface area contributed by atoms with Crippen molar-refractivity contribution < 1.29 is 0 Å². The SMILES string of the molecule is [N-]=[N+]=NCCSSCCN. The molecule has 4 nitrogen and oxygen atoms in total. The minimum absolute atomic E-state index is 0.568. The van der Waals surface area contributed by atoms with Gasteiger partial charge >= 0.3 is 0 Å². The quantitative estimate of drug-likeness (QED) is 0.221. The number of azide groups is 1. The average molecular weight is 178 g/mol. The highest BCUT2D eigenvalue weighted by molar-refractivity contribution is 8.76. The molecule has 0 saturated heterocycles. The molecule has 0 rings (SSSR count). The van der Waals surface area contributed by atoms with Crippen LogP contribution in [0.1, 0.15) is 0 Å². The molecule has 0 aromatic heterocycles. The summed E-state index contributed by atoms with van der Waals surface area (Å²) >= 11 is 0. The van der Waals surface area contributed by atoms with E-state index in [1.54, 1.807) is 21.6 Å². The molecule has 0 bridgehead atoms. The number of hydrogen-bond acceptors (Lipinski definition) is 4. The maximum Gasteiger partial charge on any atom is 0.0357 e. The standard InChI is InChI=1S/C4H10N4S2/c5-1-3-9-10-4-2-7-8-6/h1-5H2. The fourth-order valence-electron chi connectivity index (χ4n) is 0.289. The summed E-state index contributed by atoms with van der Waals surface area (Å²) in [6, 6.07) is 0. The fraction of sp³-hybridized carbons (Fsp3) is 1.00. The Kier molecular flexibility index (Phi) is 8.94. The van der Waals surface area contributed by atoms with E-state index in [1.807, 2.05) is 0 Å². The number of hydrogen-bond donors (Lipinski definition) is 1. The van der Waals surface area contributed by atoms with Crippen LogP contribution in [0.3, 0.4) is 0 Å². The van der Waals surface area contributed by atoms with Crippen molar-refractivity contribution >= 4 is 21.6 Å². The van der Waals surface area contributed by atoms with Crippen LogP contribution in [0, 0.1) is 0 Å². The molecule has 0 spiro atoms. The third-order valence-electron chi connectivity index (χ3n) is 0.622. The van der Waals surface area contributed by atoms with E-state index < -0.39 is 0 Å². The van der Waals surface area contributed by atoms with Gasteiger partial charge in [0.15, 0.2) is 0 Å². The van der Waals surface area contributed by atoms with Crippen LogP contribution in [0.4, 0.5) is 0 Å². The van der Waals surface area contributed by atoms with Crippen LogP contribution in [0.15, 0.2) is 5.11 Å². The molecule has 0 aromatic carbocycles. The van der Waals surface area contributed by atoms with E-state index in [2.05, 4.69) is 10.0 Å². The van der Waals surface area contributed by atoms with E-state index in [0.29, 0.717) is 13.1 Å². The number of nitrogens with zero attached hydrogens (tertiary/aromatic N) is 3. The fourth-order valence-corrected chi connectivity index (χ4v) is 2.00. The normalized spacial score (nSPS) is 8.90.